The van der Waals surface area contributed by atoms with Crippen molar-refractivity contribution in [2.75, 3.05) is 20.2 Å². The lowest BCUT2D eigenvalue weighted by molar-refractivity contribution is 0.153. The fourth-order valence-electron chi connectivity index (χ4n) is 2.65. The predicted octanol–water partition coefficient (Wildman–Crippen LogP) is 2.69. The minimum absolute atomic E-state index is 0.0345. The number of benzene rings is 1. The van der Waals surface area contributed by atoms with Gasteiger partial charge in [0.15, 0.2) is 5.84 Å². The molecule has 0 aliphatic carbocycles. The van der Waals surface area contributed by atoms with Gasteiger partial charge in [-0.15, -0.1) is 0 Å². The summed E-state index contributed by atoms with van der Waals surface area (Å²) in [5.74, 6) is 0.664. The summed E-state index contributed by atoms with van der Waals surface area (Å²) in [6.07, 6.45) is 4.81. The monoisotopic (exact) mass is 311 g/mol. The number of oxime groups is 1. The van der Waals surface area contributed by atoms with Gasteiger partial charge in [0.2, 0.25) is 0 Å². The van der Waals surface area contributed by atoms with E-state index in [1.54, 1.807) is 18.2 Å². The minimum atomic E-state index is 0.0345. The molecule has 0 amide bonds. The summed E-state index contributed by atoms with van der Waals surface area (Å²) in [4.78, 5) is 2.40. The van der Waals surface area contributed by atoms with Crippen molar-refractivity contribution in [3.05, 3.63) is 28.8 Å². The number of nitrogens with two attached hydrogens (primary N) is 1. The van der Waals surface area contributed by atoms with Crippen LogP contribution in [0.2, 0.25) is 5.02 Å². The standard InChI is InChI=1S/C15H22ClN3O2/c1-19-8-3-2-4-12(19)7-9-21-14-6-5-11(10-13(14)16)15(17)18-20/h5-6,10,12,20H,2-4,7-9H2,1H3,(H2,17,18). The zero-order chi connectivity index (χ0) is 15.2. The van der Waals surface area contributed by atoms with Gasteiger partial charge in [0, 0.05) is 11.6 Å². The minimum Gasteiger partial charge on any atom is -0.492 e. The second-order valence-corrected chi connectivity index (χ2v) is 5.80. The summed E-state index contributed by atoms with van der Waals surface area (Å²) in [5, 5.41) is 12.1. The van der Waals surface area contributed by atoms with Gasteiger partial charge in [0.1, 0.15) is 5.75 Å². The average Bonchev–Trinajstić information content (AvgIpc) is 2.50. The van der Waals surface area contributed by atoms with Crippen molar-refractivity contribution in [1.82, 2.24) is 4.90 Å². The van der Waals surface area contributed by atoms with Gasteiger partial charge in [-0.3, -0.25) is 0 Å². The molecule has 1 aromatic carbocycles. The molecule has 1 fully saturated rings. The molecule has 3 N–H and O–H groups in total. The molecular formula is C15H22ClN3O2. The van der Waals surface area contributed by atoms with Gasteiger partial charge in [0.05, 0.1) is 11.6 Å². The van der Waals surface area contributed by atoms with Crippen LogP contribution in [-0.2, 0) is 0 Å². The number of hydrogen-bond acceptors (Lipinski definition) is 4. The summed E-state index contributed by atoms with van der Waals surface area (Å²) in [6.45, 7) is 1.80. The Kier molecular flexibility index (Phi) is 5.70. The van der Waals surface area contributed by atoms with Crippen molar-refractivity contribution in [3.63, 3.8) is 0 Å². The van der Waals surface area contributed by atoms with E-state index in [-0.39, 0.29) is 5.84 Å². The van der Waals surface area contributed by atoms with Crippen LogP contribution >= 0.6 is 11.6 Å². The third-order valence-corrected chi connectivity index (χ3v) is 4.26. The molecule has 0 radical (unpaired) electrons. The first-order valence-corrected chi connectivity index (χ1v) is 7.60. The van der Waals surface area contributed by atoms with Crippen molar-refractivity contribution >= 4 is 17.4 Å². The van der Waals surface area contributed by atoms with Crippen molar-refractivity contribution in [1.29, 1.82) is 0 Å². The van der Waals surface area contributed by atoms with Crippen LogP contribution in [0.4, 0.5) is 0 Å². The molecule has 2 rings (SSSR count). The van der Waals surface area contributed by atoms with Crippen LogP contribution in [0.1, 0.15) is 31.2 Å². The fraction of sp³-hybridized carbons (Fsp3) is 0.533. The van der Waals surface area contributed by atoms with Crippen LogP contribution in [0.3, 0.4) is 0 Å². The maximum Gasteiger partial charge on any atom is 0.170 e. The molecule has 1 heterocycles. The molecule has 1 aliphatic rings. The summed E-state index contributed by atoms with van der Waals surface area (Å²) < 4.78 is 5.75. The van der Waals surface area contributed by atoms with E-state index in [2.05, 4.69) is 17.1 Å². The molecule has 1 aliphatic heterocycles. The van der Waals surface area contributed by atoms with Gasteiger partial charge in [0.25, 0.3) is 0 Å². The SMILES string of the molecule is CN1CCCCC1CCOc1ccc(/C(N)=N/O)cc1Cl. The third kappa shape index (κ3) is 4.25. The quantitative estimate of drug-likeness (QED) is 0.379. The molecule has 1 aromatic rings. The highest BCUT2D eigenvalue weighted by atomic mass is 35.5. The van der Waals surface area contributed by atoms with Crippen LogP contribution in [0.25, 0.3) is 0 Å². The Morgan fingerprint density at radius 1 is 1.52 bits per heavy atom. The molecule has 0 bridgehead atoms. The maximum atomic E-state index is 8.64. The highest BCUT2D eigenvalue weighted by Crippen LogP contribution is 2.26. The Balaban J connectivity index is 1.88. The summed E-state index contributed by atoms with van der Waals surface area (Å²) in [5.41, 5.74) is 6.09. The summed E-state index contributed by atoms with van der Waals surface area (Å²) in [7, 11) is 2.17. The molecular weight excluding hydrogens is 290 g/mol. The van der Waals surface area contributed by atoms with E-state index < -0.39 is 0 Å². The van der Waals surface area contributed by atoms with E-state index in [9.17, 15) is 0 Å². The second-order valence-electron chi connectivity index (χ2n) is 5.40. The molecule has 21 heavy (non-hydrogen) atoms. The smallest absolute Gasteiger partial charge is 0.170 e. The Morgan fingerprint density at radius 2 is 2.33 bits per heavy atom. The maximum absolute atomic E-state index is 8.64. The normalized spacial score (nSPS) is 20.5. The predicted molar refractivity (Wildman–Crippen MR) is 84.3 cm³/mol. The van der Waals surface area contributed by atoms with Gasteiger partial charge >= 0.3 is 0 Å². The van der Waals surface area contributed by atoms with E-state index in [0.717, 1.165) is 6.42 Å². The Morgan fingerprint density at radius 3 is 3.00 bits per heavy atom. The number of amidine groups is 1. The van der Waals surface area contributed by atoms with E-state index in [1.165, 1.54) is 25.8 Å². The Labute approximate surface area is 130 Å². The number of piperidine rings is 1. The molecule has 1 atom stereocenters. The number of halogens is 1. The van der Waals surface area contributed by atoms with Crippen LogP contribution in [0.5, 0.6) is 5.75 Å². The highest BCUT2D eigenvalue weighted by Gasteiger charge is 2.18. The lowest BCUT2D eigenvalue weighted by Crippen LogP contribution is -2.37. The average molecular weight is 312 g/mol. The lowest BCUT2D eigenvalue weighted by atomic mass is 10.0. The molecule has 6 heteroatoms. The van der Waals surface area contributed by atoms with Crippen molar-refractivity contribution in [2.24, 2.45) is 10.9 Å². The molecule has 1 saturated heterocycles. The van der Waals surface area contributed by atoms with Crippen LogP contribution < -0.4 is 10.5 Å². The third-order valence-electron chi connectivity index (χ3n) is 3.97. The van der Waals surface area contributed by atoms with Gasteiger partial charge in [-0.05, 0) is 51.1 Å². The first-order chi connectivity index (χ1) is 10.1. The molecule has 0 aromatic heterocycles. The molecule has 0 spiro atoms. The summed E-state index contributed by atoms with van der Waals surface area (Å²) in [6, 6.07) is 5.70. The lowest BCUT2D eigenvalue weighted by Gasteiger charge is -2.32. The molecule has 1 unspecified atom stereocenters. The van der Waals surface area contributed by atoms with Crippen LogP contribution in [0, 0.1) is 0 Å². The van der Waals surface area contributed by atoms with E-state index in [0.29, 0.717) is 29.0 Å². The van der Waals surface area contributed by atoms with Crippen LogP contribution in [-0.4, -0.2) is 42.2 Å². The number of ether oxygens (including phenoxy) is 1. The number of likely N-dealkylation sites (tertiary alicyclic amines) is 1. The van der Waals surface area contributed by atoms with Crippen LogP contribution in [0.15, 0.2) is 23.4 Å². The van der Waals surface area contributed by atoms with Gasteiger partial charge in [-0.1, -0.05) is 23.2 Å². The van der Waals surface area contributed by atoms with Gasteiger partial charge in [-0.2, -0.15) is 0 Å². The largest absolute Gasteiger partial charge is 0.492 e. The van der Waals surface area contributed by atoms with E-state index in [4.69, 9.17) is 27.3 Å². The molecule has 0 saturated carbocycles. The zero-order valence-electron chi connectivity index (χ0n) is 12.3. The molecule has 116 valence electrons. The second kappa shape index (κ2) is 7.52. The highest BCUT2D eigenvalue weighted by molar-refractivity contribution is 6.32. The number of rotatable bonds is 5. The van der Waals surface area contributed by atoms with Crippen molar-refractivity contribution in [2.45, 2.75) is 31.7 Å². The Hall–Kier alpha value is -1.46. The first-order valence-electron chi connectivity index (χ1n) is 7.22. The van der Waals surface area contributed by atoms with Gasteiger partial charge in [-0.25, -0.2) is 0 Å². The topological polar surface area (TPSA) is 71.1 Å². The zero-order valence-corrected chi connectivity index (χ0v) is 13.0. The summed E-state index contributed by atoms with van der Waals surface area (Å²) >= 11 is 6.15. The van der Waals surface area contributed by atoms with E-state index >= 15 is 0 Å². The van der Waals surface area contributed by atoms with Crippen molar-refractivity contribution < 1.29 is 9.94 Å². The number of hydrogen-bond donors (Lipinski definition) is 2. The number of nitrogens with zero attached hydrogens (tertiary/aromatic N) is 2. The van der Waals surface area contributed by atoms with E-state index in [1.807, 2.05) is 0 Å². The van der Waals surface area contributed by atoms with Crippen molar-refractivity contribution in [3.8, 4) is 5.75 Å². The van der Waals surface area contributed by atoms with Gasteiger partial charge < -0.3 is 20.6 Å². The Bertz CT molecular complexity index is 508. The first kappa shape index (κ1) is 15.9. The molecule has 5 nitrogen and oxygen atoms in total. The fourth-order valence-corrected chi connectivity index (χ4v) is 2.88.